The number of unbranched alkanes of at least 4 members (excludes halogenated alkanes) is 4. The van der Waals surface area contributed by atoms with Crippen LogP contribution in [0.5, 0.6) is 0 Å². The molecule has 4 heterocycles. The number of aromatic amines is 2. The van der Waals surface area contributed by atoms with Gasteiger partial charge in [-0.3, -0.25) is 9.59 Å². The third kappa shape index (κ3) is 5.17. The van der Waals surface area contributed by atoms with E-state index in [2.05, 4.69) is 48.1 Å². The van der Waals surface area contributed by atoms with E-state index in [1.165, 1.54) is 23.3 Å². The zero-order valence-electron chi connectivity index (χ0n) is 22.1. The van der Waals surface area contributed by atoms with E-state index >= 15 is 0 Å². The van der Waals surface area contributed by atoms with Crippen LogP contribution in [0.1, 0.15) is 63.5 Å². The molecule has 0 bridgehead atoms. The van der Waals surface area contributed by atoms with E-state index < -0.39 is 0 Å². The Balaban J connectivity index is 1.81. The van der Waals surface area contributed by atoms with Gasteiger partial charge in [-0.2, -0.15) is 0 Å². The van der Waals surface area contributed by atoms with Gasteiger partial charge < -0.3 is 9.97 Å². The number of H-pyrrole nitrogens is 2. The van der Waals surface area contributed by atoms with Crippen LogP contribution in [-0.4, -0.2) is 19.9 Å². The molecule has 0 saturated heterocycles. The van der Waals surface area contributed by atoms with E-state index in [-0.39, 0.29) is 10.9 Å². The van der Waals surface area contributed by atoms with E-state index in [9.17, 15) is 9.59 Å². The summed E-state index contributed by atoms with van der Waals surface area (Å²) in [6.45, 7) is 4.40. The average molecular weight is 507 g/mol. The lowest BCUT2D eigenvalue weighted by Crippen LogP contribution is -2.07. The van der Waals surface area contributed by atoms with Crippen LogP contribution in [-0.2, 0) is 12.8 Å². The molecule has 0 spiro atoms. The van der Waals surface area contributed by atoms with Gasteiger partial charge in [-0.05, 0) is 48.9 Å². The molecule has 0 aliphatic heterocycles. The fraction of sp³-hybridized carbons (Fsp3) is 0.312. The van der Waals surface area contributed by atoms with Crippen molar-refractivity contribution in [2.45, 2.75) is 65.2 Å². The predicted molar refractivity (Wildman–Crippen MR) is 156 cm³/mol. The van der Waals surface area contributed by atoms with Gasteiger partial charge in [0.05, 0.1) is 33.5 Å². The molecule has 0 saturated carbocycles. The topological polar surface area (TPSA) is 91.5 Å². The summed E-state index contributed by atoms with van der Waals surface area (Å²) >= 11 is 0. The van der Waals surface area contributed by atoms with Crippen LogP contribution in [0.3, 0.4) is 0 Å². The Hall–Kier alpha value is -4.06. The third-order valence-corrected chi connectivity index (χ3v) is 7.23. The second-order valence-electron chi connectivity index (χ2n) is 9.95. The molecule has 0 aliphatic carbocycles. The molecule has 0 aliphatic rings. The van der Waals surface area contributed by atoms with E-state index in [0.29, 0.717) is 22.5 Å². The summed E-state index contributed by atoms with van der Waals surface area (Å²) in [4.78, 5) is 41.7. The molecule has 2 N–H and O–H groups in total. The third-order valence-electron chi connectivity index (χ3n) is 7.23. The van der Waals surface area contributed by atoms with Crippen molar-refractivity contribution in [2.75, 3.05) is 0 Å². The number of pyridine rings is 4. The lowest BCUT2D eigenvalue weighted by molar-refractivity contribution is 0.719. The van der Waals surface area contributed by atoms with Crippen molar-refractivity contribution in [1.82, 2.24) is 19.9 Å². The number of nitrogens with one attached hydrogen (secondary N) is 2. The summed E-state index contributed by atoms with van der Waals surface area (Å²) in [6.07, 6.45) is 15.2. The van der Waals surface area contributed by atoms with Gasteiger partial charge in [0.25, 0.3) is 0 Å². The van der Waals surface area contributed by atoms with Crippen LogP contribution >= 0.6 is 0 Å². The smallest absolute Gasteiger partial charge is 0.190 e. The first kappa shape index (κ1) is 25.6. The Bertz CT molecular complexity index is 1570. The molecule has 0 atom stereocenters. The van der Waals surface area contributed by atoms with Crippen LogP contribution in [0, 0.1) is 0 Å². The Morgan fingerprint density at radius 3 is 1.47 bits per heavy atom. The highest BCUT2D eigenvalue weighted by molar-refractivity contribution is 6.06. The van der Waals surface area contributed by atoms with Crippen molar-refractivity contribution in [2.24, 2.45) is 0 Å². The lowest BCUT2D eigenvalue weighted by atomic mass is 9.95. The molecule has 6 nitrogen and oxygen atoms in total. The summed E-state index contributed by atoms with van der Waals surface area (Å²) in [7, 11) is 0. The molecule has 0 unspecified atom stereocenters. The van der Waals surface area contributed by atoms with E-state index in [1.807, 2.05) is 0 Å². The Labute approximate surface area is 222 Å². The van der Waals surface area contributed by atoms with Crippen LogP contribution in [0.25, 0.3) is 44.3 Å². The molecule has 38 heavy (non-hydrogen) atoms. The normalized spacial score (nSPS) is 11.4. The number of aryl methyl sites for hydroxylation is 2. The maximum Gasteiger partial charge on any atom is 0.190 e. The molecular weight excluding hydrogens is 472 g/mol. The second-order valence-corrected chi connectivity index (χ2v) is 9.95. The van der Waals surface area contributed by atoms with Crippen molar-refractivity contribution in [3.05, 3.63) is 92.8 Å². The fourth-order valence-electron chi connectivity index (χ4n) is 5.17. The number of fused-ring (bicyclic) bond motifs is 3. The van der Waals surface area contributed by atoms with Gasteiger partial charge in [0.15, 0.2) is 10.9 Å². The Morgan fingerprint density at radius 1 is 0.632 bits per heavy atom. The molecule has 5 aromatic rings. The van der Waals surface area contributed by atoms with Gasteiger partial charge >= 0.3 is 0 Å². The summed E-state index contributed by atoms with van der Waals surface area (Å²) < 4.78 is 0. The maximum absolute atomic E-state index is 12.8. The molecule has 0 fully saturated rings. The standard InChI is InChI=1S/C32H34N4O2/c1-3-5-7-9-21-17-27(25-19-33-15-13-29(25)37)35-31-23(21)11-12-24-22(10-8-6-4-2)18-28(36-32(24)31)26-20-34-16-14-30(26)38/h11-20H,3-10H2,1-2H3,(H,33,37)(H,34,38). The van der Waals surface area contributed by atoms with Gasteiger partial charge in [-0.1, -0.05) is 51.7 Å². The van der Waals surface area contributed by atoms with E-state index in [0.717, 1.165) is 73.2 Å². The number of rotatable bonds is 10. The van der Waals surface area contributed by atoms with Crippen molar-refractivity contribution < 1.29 is 0 Å². The summed E-state index contributed by atoms with van der Waals surface area (Å²) in [5, 5.41) is 2.10. The minimum absolute atomic E-state index is 0.0694. The van der Waals surface area contributed by atoms with Crippen molar-refractivity contribution in [3.8, 4) is 22.5 Å². The quantitative estimate of drug-likeness (QED) is 0.158. The zero-order valence-corrected chi connectivity index (χ0v) is 22.1. The maximum atomic E-state index is 12.8. The van der Waals surface area contributed by atoms with Gasteiger partial charge in [-0.25, -0.2) is 9.97 Å². The Kier molecular flexibility index (Phi) is 7.78. The SMILES string of the molecule is CCCCCc1cc(-c2c[nH]ccc2=O)nc2c1ccc1c(CCCCC)cc(-c3c[nH]ccc3=O)nc12. The van der Waals surface area contributed by atoms with Gasteiger partial charge in [0, 0.05) is 47.7 Å². The van der Waals surface area contributed by atoms with Crippen molar-refractivity contribution in [1.29, 1.82) is 0 Å². The molecule has 1 aromatic carbocycles. The predicted octanol–water partition coefficient (Wildman–Crippen LogP) is 6.96. The first-order valence-corrected chi connectivity index (χ1v) is 13.7. The highest BCUT2D eigenvalue weighted by Gasteiger charge is 2.17. The fourth-order valence-corrected chi connectivity index (χ4v) is 5.17. The minimum atomic E-state index is -0.0694. The number of hydrogen-bond donors (Lipinski definition) is 2. The Morgan fingerprint density at radius 2 is 1.08 bits per heavy atom. The second kappa shape index (κ2) is 11.5. The van der Waals surface area contributed by atoms with Crippen molar-refractivity contribution in [3.63, 3.8) is 0 Å². The first-order valence-electron chi connectivity index (χ1n) is 13.7. The monoisotopic (exact) mass is 506 g/mol. The highest BCUT2D eigenvalue weighted by Crippen LogP contribution is 2.33. The molecule has 0 amide bonds. The average Bonchev–Trinajstić information content (AvgIpc) is 2.93. The van der Waals surface area contributed by atoms with Gasteiger partial charge in [0.2, 0.25) is 0 Å². The minimum Gasteiger partial charge on any atom is -0.367 e. The van der Waals surface area contributed by atoms with E-state index in [1.54, 1.807) is 24.8 Å². The van der Waals surface area contributed by atoms with Crippen LogP contribution in [0.15, 0.2) is 70.8 Å². The highest BCUT2D eigenvalue weighted by atomic mass is 16.1. The molecule has 0 radical (unpaired) electrons. The molecule has 4 aromatic heterocycles. The van der Waals surface area contributed by atoms with E-state index in [4.69, 9.17) is 9.97 Å². The zero-order chi connectivity index (χ0) is 26.5. The summed E-state index contributed by atoms with van der Waals surface area (Å²) in [5.41, 5.74) is 6.14. The number of aromatic nitrogens is 4. The summed E-state index contributed by atoms with van der Waals surface area (Å²) in [6, 6.07) is 11.5. The largest absolute Gasteiger partial charge is 0.367 e. The first-order chi connectivity index (χ1) is 18.6. The van der Waals surface area contributed by atoms with Crippen LogP contribution in [0.2, 0.25) is 0 Å². The molecular formula is C32H34N4O2. The molecule has 6 heteroatoms. The van der Waals surface area contributed by atoms with Gasteiger partial charge in [0.1, 0.15) is 0 Å². The lowest BCUT2D eigenvalue weighted by Gasteiger charge is -2.15. The number of hydrogen-bond acceptors (Lipinski definition) is 4. The van der Waals surface area contributed by atoms with Crippen LogP contribution < -0.4 is 10.9 Å². The number of benzene rings is 1. The summed E-state index contributed by atoms with van der Waals surface area (Å²) in [5.74, 6) is 0. The molecule has 194 valence electrons. The van der Waals surface area contributed by atoms with Crippen molar-refractivity contribution >= 4 is 21.8 Å². The number of nitrogens with zero attached hydrogens (tertiary/aromatic N) is 2. The van der Waals surface area contributed by atoms with Gasteiger partial charge in [-0.15, -0.1) is 0 Å². The van der Waals surface area contributed by atoms with Crippen LogP contribution in [0.4, 0.5) is 0 Å². The molecule has 5 rings (SSSR count).